The fourth-order valence-electron chi connectivity index (χ4n) is 1.72. The van der Waals surface area contributed by atoms with Crippen LogP contribution < -0.4 is 27.5 Å². The molecule has 16 heteroatoms. The van der Waals surface area contributed by atoms with E-state index in [9.17, 15) is 0 Å². The summed E-state index contributed by atoms with van der Waals surface area (Å²) in [5, 5.41) is 25.2. The zero-order valence-corrected chi connectivity index (χ0v) is 40.0. The van der Waals surface area contributed by atoms with Crippen LogP contribution in [0.3, 0.4) is 0 Å². The molecule has 3 rings (SSSR count). The first-order chi connectivity index (χ1) is 15.6. The zero-order valence-electron chi connectivity index (χ0n) is 16.8. The zero-order chi connectivity index (χ0) is 26.7. The van der Waals surface area contributed by atoms with Crippen molar-refractivity contribution in [3.8, 4) is 0 Å². The summed E-state index contributed by atoms with van der Waals surface area (Å²) in [4.78, 5) is 0. The Hall–Kier alpha value is 3.80. The maximum absolute atomic E-state index is 8.42. The normalized spacial score (nSPS) is 9.71. The molecule has 0 aliphatic rings. The van der Waals surface area contributed by atoms with E-state index < -0.39 is 7.32 Å². The van der Waals surface area contributed by atoms with Crippen LogP contribution in [-0.4, -0.2) is 7.32 Å². The summed E-state index contributed by atoms with van der Waals surface area (Å²) in [5.74, 6) is 0. The fourth-order valence-corrected chi connectivity index (χ4v) is 9.78. The second-order valence-electron chi connectivity index (χ2n) is 5.83. The van der Waals surface area contributed by atoms with Gasteiger partial charge in [0.1, 0.15) is 0 Å². The van der Waals surface area contributed by atoms with Crippen molar-refractivity contribution in [2.75, 3.05) is 0 Å². The van der Waals surface area contributed by atoms with Crippen LogP contribution in [0.25, 0.3) is 0 Å². The summed E-state index contributed by atoms with van der Waals surface area (Å²) >= 11 is 34.5. The molecule has 0 saturated carbocycles. The Kier molecular flexibility index (Phi) is 22.0. The molecule has 3 aromatic carbocycles. The average molecular weight is 1200 g/mol. The minimum absolute atomic E-state index is 1.10. The summed E-state index contributed by atoms with van der Waals surface area (Å²) in [5.41, 5.74) is 0. The molecule has 0 atom stereocenters. The van der Waals surface area contributed by atoms with Crippen molar-refractivity contribution < 1.29 is 70.0 Å². The molecule has 3 nitrogen and oxygen atoms in total. The third kappa shape index (κ3) is 16.2. The van der Waals surface area contributed by atoms with Crippen molar-refractivity contribution in [3.63, 3.8) is 0 Å². The van der Waals surface area contributed by atoms with Gasteiger partial charge in [-0.05, 0) is 0 Å². The monoisotopic (exact) mass is 1180 g/mol. The maximum atomic E-state index is 8.42. The van der Waals surface area contributed by atoms with Crippen molar-refractivity contribution >= 4 is 163 Å². The Bertz CT molecular complexity index is 904. The molecule has 0 radical (unpaired) electrons. The van der Waals surface area contributed by atoms with Gasteiger partial charge in [-0.2, -0.15) is 0 Å². The Balaban J connectivity index is 0.000000445. The topological polar surface area (TPSA) is 69.2 Å². The van der Waals surface area contributed by atoms with Gasteiger partial charge in [-0.25, -0.2) is 0 Å². The van der Waals surface area contributed by atoms with Gasteiger partial charge in [0.05, 0.1) is 0 Å². The Labute approximate surface area is 304 Å². The first-order valence-corrected chi connectivity index (χ1v) is 20.0. The summed E-state index contributed by atoms with van der Waals surface area (Å²) in [6, 6.07) is 12.4. The predicted molar refractivity (Wildman–Crippen MR) is 153 cm³/mol. The molecule has 3 aromatic rings. The van der Waals surface area contributed by atoms with E-state index in [1.165, 1.54) is 39.3 Å². The second kappa shape index (κ2) is 19.8. The molecule has 168 valence electrons. The number of hydrogen-bond donors (Lipinski definition) is 0. The molecule has 0 saturated heterocycles. The standard InChI is InChI=1S/3C6H2Br3.BO3.3Zn/c3*7-4-1-5(8)3-6(9)2-4;2-1(3)4;;;/h3*1-2H;;;;/q;;;-3;3*+1. The first-order valence-electron chi connectivity index (χ1n) is 8.43. The van der Waals surface area contributed by atoms with Gasteiger partial charge in [-0.15, -0.1) is 0 Å². The summed E-state index contributed by atoms with van der Waals surface area (Å²) in [7, 11) is -2.92. The molecule has 0 aromatic heterocycles. The van der Waals surface area contributed by atoms with E-state index in [1.807, 2.05) is 0 Å². The van der Waals surface area contributed by atoms with Crippen LogP contribution in [0, 0.1) is 0 Å². The third-order valence-electron chi connectivity index (χ3n) is 3.32. The van der Waals surface area contributed by atoms with Crippen LogP contribution in [0.1, 0.15) is 0 Å². The molecule has 0 spiro atoms. The van der Waals surface area contributed by atoms with Crippen molar-refractivity contribution in [3.05, 3.63) is 76.7 Å². The van der Waals surface area contributed by atoms with Gasteiger partial charge in [-0.1, -0.05) is 0 Å². The van der Waals surface area contributed by atoms with Crippen molar-refractivity contribution in [2.24, 2.45) is 0 Å². The quantitative estimate of drug-likeness (QED) is 0.280. The number of rotatable bonds is 0. The van der Waals surface area contributed by atoms with Crippen LogP contribution in [0.15, 0.2) is 76.7 Å². The molecular formula is C18H6BBr9O3Zn3. The van der Waals surface area contributed by atoms with E-state index in [2.05, 4.69) is 180 Å². The molecule has 0 amide bonds. The van der Waals surface area contributed by atoms with Crippen molar-refractivity contribution in [2.45, 2.75) is 0 Å². The molecule has 0 aliphatic heterocycles. The van der Waals surface area contributed by atoms with Gasteiger partial charge in [0, 0.05) is 0 Å². The molecule has 0 fully saturated rings. The van der Waals surface area contributed by atoms with E-state index in [0.717, 1.165) is 68.3 Å². The van der Waals surface area contributed by atoms with E-state index in [-0.39, 0.29) is 0 Å². The van der Waals surface area contributed by atoms with Crippen molar-refractivity contribution in [1.82, 2.24) is 0 Å². The van der Waals surface area contributed by atoms with Gasteiger partial charge >= 0.3 is 287 Å². The van der Waals surface area contributed by atoms with Gasteiger partial charge in [0.25, 0.3) is 0 Å². The van der Waals surface area contributed by atoms with E-state index in [1.54, 1.807) is 0 Å². The van der Waals surface area contributed by atoms with E-state index >= 15 is 0 Å². The molecule has 0 aliphatic carbocycles. The predicted octanol–water partition coefficient (Wildman–Crippen LogP) is 5.49. The fraction of sp³-hybridized carbons (Fsp3) is 0. The minimum atomic E-state index is -2.92. The average Bonchev–Trinajstić information content (AvgIpc) is 2.68. The van der Waals surface area contributed by atoms with Gasteiger partial charge in [0.15, 0.2) is 0 Å². The molecule has 0 unspecified atom stereocenters. The number of benzene rings is 3. The van der Waals surface area contributed by atoms with Crippen LogP contribution in [0.2, 0.25) is 0 Å². The van der Waals surface area contributed by atoms with Gasteiger partial charge in [-0.3, -0.25) is 7.32 Å². The third-order valence-corrected chi connectivity index (χ3v) is 20.2. The SMILES string of the molecule is [O-]B([O-])[O-].[Zn+][c]1c(Br)cc(Br)cc1Br.[Zn+][c]1c(Br)cc(Br)cc1Br.[Zn+][c]1c(Br)cc(Br)cc1Br. The molecular weight excluding hydrogens is 1190 g/mol. The summed E-state index contributed by atoms with van der Waals surface area (Å²) in [6.45, 7) is 0. The van der Waals surface area contributed by atoms with E-state index in [0.29, 0.717) is 0 Å². The Morgan fingerprint density at radius 3 is 0.647 bits per heavy atom. The van der Waals surface area contributed by atoms with Crippen LogP contribution in [0.5, 0.6) is 0 Å². The van der Waals surface area contributed by atoms with Gasteiger partial charge in [0.2, 0.25) is 0 Å². The van der Waals surface area contributed by atoms with Crippen LogP contribution in [-0.2, 0) is 54.9 Å². The first kappa shape index (κ1) is 37.8. The number of hydrogen-bond acceptors (Lipinski definition) is 3. The molecule has 0 N–H and O–H groups in total. The molecule has 0 bridgehead atoms. The molecule has 0 heterocycles. The van der Waals surface area contributed by atoms with Gasteiger partial charge < -0.3 is 15.1 Å². The van der Waals surface area contributed by atoms with Crippen LogP contribution in [0.4, 0.5) is 0 Å². The van der Waals surface area contributed by atoms with Crippen LogP contribution >= 0.6 is 143 Å². The summed E-state index contributed by atoms with van der Waals surface area (Å²) < 4.78 is 14.4. The Morgan fingerprint density at radius 2 is 0.529 bits per heavy atom. The second-order valence-corrected chi connectivity index (χ2v) is 18.2. The number of halogens is 9. The van der Waals surface area contributed by atoms with Crippen molar-refractivity contribution in [1.29, 1.82) is 0 Å². The Morgan fingerprint density at radius 1 is 0.412 bits per heavy atom. The summed E-state index contributed by atoms with van der Waals surface area (Å²) in [6.07, 6.45) is 0. The molecule has 34 heavy (non-hydrogen) atoms. The van der Waals surface area contributed by atoms with E-state index in [4.69, 9.17) is 15.1 Å².